The van der Waals surface area contributed by atoms with Gasteiger partial charge in [-0.1, -0.05) is 58.3 Å². The summed E-state index contributed by atoms with van der Waals surface area (Å²) in [6, 6.07) is 0.944. The Bertz CT molecular complexity index is 215. The third-order valence-corrected chi connectivity index (χ3v) is 5.27. The number of rotatable bonds is 5. The van der Waals surface area contributed by atoms with Gasteiger partial charge in [-0.2, -0.15) is 0 Å². The molecule has 0 bridgehead atoms. The SMILES string of the molecule is CC(N)C(C)CNC(C)C1CCCCCCCCCC1. The van der Waals surface area contributed by atoms with E-state index in [0.717, 1.165) is 12.5 Å². The number of nitrogens with one attached hydrogen (secondary N) is 1. The molecule has 3 N–H and O–H groups in total. The van der Waals surface area contributed by atoms with Crippen LogP contribution in [0.1, 0.15) is 85.0 Å². The van der Waals surface area contributed by atoms with Crippen LogP contribution in [0.3, 0.4) is 0 Å². The zero-order valence-electron chi connectivity index (χ0n) is 14.2. The zero-order valence-corrected chi connectivity index (χ0v) is 14.2. The summed E-state index contributed by atoms with van der Waals surface area (Å²) in [5, 5.41) is 3.75. The average Bonchev–Trinajstić information content (AvgIpc) is 2.49. The third kappa shape index (κ3) is 7.64. The van der Waals surface area contributed by atoms with E-state index in [9.17, 15) is 0 Å². The first-order chi connectivity index (χ1) is 9.61. The van der Waals surface area contributed by atoms with E-state index in [1.165, 1.54) is 64.2 Å². The Kier molecular flexibility index (Phi) is 9.54. The van der Waals surface area contributed by atoms with E-state index < -0.39 is 0 Å². The zero-order chi connectivity index (χ0) is 14.8. The van der Waals surface area contributed by atoms with Gasteiger partial charge in [0.25, 0.3) is 0 Å². The smallest absolute Gasteiger partial charge is 0.00671 e. The highest BCUT2D eigenvalue weighted by molar-refractivity contribution is 4.76. The summed E-state index contributed by atoms with van der Waals surface area (Å²) < 4.78 is 0. The Balaban J connectivity index is 2.34. The molecule has 0 aromatic rings. The van der Waals surface area contributed by atoms with Crippen molar-refractivity contribution < 1.29 is 0 Å². The lowest BCUT2D eigenvalue weighted by Gasteiger charge is -2.27. The van der Waals surface area contributed by atoms with Crippen molar-refractivity contribution in [1.29, 1.82) is 0 Å². The predicted molar refractivity (Wildman–Crippen MR) is 89.9 cm³/mol. The molecular formula is C18H38N2. The van der Waals surface area contributed by atoms with Gasteiger partial charge in [-0.25, -0.2) is 0 Å². The van der Waals surface area contributed by atoms with Crippen LogP contribution in [0.2, 0.25) is 0 Å². The molecule has 0 amide bonds. The lowest BCUT2D eigenvalue weighted by molar-refractivity contribution is 0.298. The van der Waals surface area contributed by atoms with Crippen molar-refractivity contribution in [2.45, 2.75) is 97.1 Å². The topological polar surface area (TPSA) is 38.0 Å². The molecule has 120 valence electrons. The fourth-order valence-corrected chi connectivity index (χ4v) is 3.24. The van der Waals surface area contributed by atoms with Crippen molar-refractivity contribution >= 4 is 0 Å². The highest BCUT2D eigenvalue weighted by Crippen LogP contribution is 2.23. The second-order valence-electron chi connectivity index (χ2n) is 7.20. The van der Waals surface area contributed by atoms with Gasteiger partial charge in [-0.05, 0) is 45.1 Å². The van der Waals surface area contributed by atoms with Crippen molar-refractivity contribution in [2.75, 3.05) is 6.54 Å². The summed E-state index contributed by atoms with van der Waals surface area (Å²) in [6.45, 7) is 7.82. The van der Waals surface area contributed by atoms with E-state index in [1.807, 2.05) is 0 Å². The second kappa shape index (κ2) is 10.6. The van der Waals surface area contributed by atoms with E-state index in [1.54, 1.807) is 0 Å². The van der Waals surface area contributed by atoms with Gasteiger partial charge in [0.1, 0.15) is 0 Å². The molecule has 0 radical (unpaired) electrons. The van der Waals surface area contributed by atoms with Crippen LogP contribution in [0.15, 0.2) is 0 Å². The molecule has 20 heavy (non-hydrogen) atoms. The molecule has 0 spiro atoms. The maximum atomic E-state index is 5.96. The minimum Gasteiger partial charge on any atom is -0.328 e. The fraction of sp³-hybridized carbons (Fsp3) is 1.00. The third-order valence-electron chi connectivity index (χ3n) is 5.27. The van der Waals surface area contributed by atoms with E-state index in [-0.39, 0.29) is 0 Å². The number of hydrogen-bond donors (Lipinski definition) is 2. The average molecular weight is 283 g/mol. The van der Waals surface area contributed by atoms with Crippen LogP contribution in [-0.2, 0) is 0 Å². The van der Waals surface area contributed by atoms with Crippen LogP contribution < -0.4 is 11.1 Å². The van der Waals surface area contributed by atoms with Crippen molar-refractivity contribution in [3.05, 3.63) is 0 Å². The van der Waals surface area contributed by atoms with Gasteiger partial charge in [-0.3, -0.25) is 0 Å². The first kappa shape index (κ1) is 18.0. The van der Waals surface area contributed by atoms with Gasteiger partial charge in [0.15, 0.2) is 0 Å². The predicted octanol–water partition coefficient (Wildman–Crippen LogP) is 4.48. The molecule has 0 aliphatic heterocycles. The summed E-state index contributed by atoms with van der Waals surface area (Å²) in [7, 11) is 0. The molecule has 3 atom stereocenters. The first-order valence-electron chi connectivity index (χ1n) is 9.10. The first-order valence-corrected chi connectivity index (χ1v) is 9.10. The van der Waals surface area contributed by atoms with Gasteiger partial charge >= 0.3 is 0 Å². The second-order valence-corrected chi connectivity index (χ2v) is 7.20. The van der Waals surface area contributed by atoms with Gasteiger partial charge in [-0.15, -0.1) is 0 Å². The van der Waals surface area contributed by atoms with E-state index in [4.69, 9.17) is 5.73 Å². The number of hydrogen-bond acceptors (Lipinski definition) is 2. The normalized spacial score (nSPS) is 24.6. The van der Waals surface area contributed by atoms with Crippen LogP contribution in [0, 0.1) is 11.8 Å². The standard InChI is InChI=1S/C18H38N2/c1-15(16(2)19)14-20-17(3)18-12-10-8-6-4-5-7-9-11-13-18/h15-18,20H,4-14,19H2,1-3H3. The molecule has 1 saturated carbocycles. The Hall–Kier alpha value is -0.0800. The maximum Gasteiger partial charge on any atom is 0.00671 e. The molecule has 1 aliphatic rings. The van der Waals surface area contributed by atoms with Crippen molar-refractivity contribution in [3.63, 3.8) is 0 Å². The fourth-order valence-electron chi connectivity index (χ4n) is 3.24. The summed E-state index contributed by atoms with van der Waals surface area (Å²) in [5.74, 6) is 1.44. The minimum absolute atomic E-state index is 0.294. The van der Waals surface area contributed by atoms with Gasteiger partial charge in [0.2, 0.25) is 0 Å². The van der Waals surface area contributed by atoms with Gasteiger partial charge in [0, 0.05) is 12.1 Å². The lowest BCUT2D eigenvalue weighted by atomic mass is 9.89. The van der Waals surface area contributed by atoms with Gasteiger partial charge in [0.05, 0.1) is 0 Å². The molecule has 2 nitrogen and oxygen atoms in total. The summed E-state index contributed by atoms with van der Waals surface area (Å²) in [4.78, 5) is 0. The Morgan fingerprint density at radius 3 is 1.75 bits per heavy atom. The summed E-state index contributed by atoms with van der Waals surface area (Å²) >= 11 is 0. The van der Waals surface area contributed by atoms with Crippen molar-refractivity contribution in [2.24, 2.45) is 17.6 Å². The summed E-state index contributed by atoms with van der Waals surface area (Å²) in [5.41, 5.74) is 5.96. The molecule has 0 aromatic carbocycles. The van der Waals surface area contributed by atoms with E-state index in [0.29, 0.717) is 18.0 Å². The molecule has 1 aliphatic carbocycles. The molecule has 1 fully saturated rings. The molecule has 0 aromatic heterocycles. The monoisotopic (exact) mass is 282 g/mol. The minimum atomic E-state index is 0.294. The summed E-state index contributed by atoms with van der Waals surface area (Å²) in [6.07, 6.45) is 14.4. The maximum absolute atomic E-state index is 5.96. The lowest BCUT2D eigenvalue weighted by Crippen LogP contribution is -2.40. The molecular weight excluding hydrogens is 244 g/mol. The van der Waals surface area contributed by atoms with Crippen LogP contribution in [0.25, 0.3) is 0 Å². The van der Waals surface area contributed by atoms with Crippen molar-refractivity contribution in [3.8, 4) is 0 Å². The largest absolute Gasteiger partial charge is 0.328 e. The highest BCUT2D eigenvalue weighted by Gasteiger charge is 2.18. The molecule has 2 heteroatoms. The molecule has 1 rings (SSSR count). The van der Waals surface area contributed by atoms with Crippen LogP contribution in [0.4, 0.5) is 0 Å². The Labute approximate surface area is 127 Å². The Morgan fingerprint density at radius 2 is 1.30 bits per heavy atom. The van der Waals surface area contributed by atoms with Gasteiger partial charge < -0.3 is 11.1 Å². The quantitative estimate of drug-likeness (QED) is 0.780. The van der Waals surface area contributed by atoms with Crippen LogP contribution in [0.5, 0.6) is 0 Å². The molecule has 3 unspecified atom stereocenters. The van der Waals surface area contributed by atoms with E-state index >= 15 is 0 Å². The molecule has 0 heterocycles. The van der Waals surface area contributed by atoms with Crippen molar-refractivity contribution in [1.82, 2.24) is 5.32 Å². The Morgan fingerprint density at radius 1 is 0.850 bits per heavy atom. The van der Waals surface area contributed by atoms with Crippen LogP contribution >= 0.6 is 0 Å². The van der Waals surface area contributed by atoms with Crippen LogP contribution in [-0.4, -0.2) is 18.6 Å². The number of nitrogens with two attached hydrogens (primary N) is 1. The van der Waals surface area contributed by atoms with E-state index in [2.05, 4.69) is 26.1 Å². The highest BCUT2D eigenvalue weighted by atomic mass is 14.9. The molecule has 0 saturated heterocycles.